The summed E-state index contributed by atoms with van der Waals surface area (Å²) in [5.74, 6) is 0.756. The maximum absolute atomic E-state index is 13.5. The molecule has 3 heterocycles. The summed E-state index contributed by atoms with van der Waals surface area (Å²) in [7, 11) is 0. The number of aromatic nitrogens is 2. The molecule has 0 atom stereocenters. The molecule has 0 spiro atoms. The molecule has 8 heteroatoms. The third kappa shape index (κ3) is 6.19. The number of fused-ring (bicyclic) bond motifs is 1. The van der Waals surface area contributed by atoms with Gasteiger partial charge in [-0.1, -0.05) is 31.4 Å². The zero-order valence-electron chi connectivity index (χ0n) is 20.6. The molecule has 0 aliphatic carbocycles. The van der Waals surface area contributed by atoms with E-state index in [0.29, 0.717) is 37.7 Å². The van der Waals surface area contributed by atoms with Gasteiger partial charge >= 0.3 is 0 Å². The number of carbonyl (C=O) groups is 2. The lowest BCUT2D eigenvalue weighted by molar-refractivity contribution is -0.116. The summed E-state index contributed by atoms with van der Waals surface area (Å²) in [6.45, 7) is 5.49. The zero-order chi connectivity index (χ0) is 24.8. The number of carbonyl (C=O) groups excluding carboxylic acids is 2. The zero-order valence-corrected chi connectivity index (χ0v) is 20.6. The van der Waals surface area contributed by atoms with Gasteiger partial charge in [-0.15, -0.1) is 0 Å². The van der Waals surface area contributed by atoms with Gasteiger partial charge in [-0.25, -0.2) is 0 Å². The van der Waals surface area contributed by atoms with Crippen LogP contribution in [0, 0.1) is 6.92 Å². The first-order valence-corrected chi connectivity index (χ1v) is 12.3. The first kappa shape index (κ1) is 24.7. The fourth-order valence-electron chi connectivity index (χ4n) is 4.55. The molecule has 186 valence electrons. The van der Waals surface area contributed by atoms with Gasteiger partial charge in [0.25, 0.3) is 5.91 Å². The minimum absolute atomic E-state index is 0.0409. The topological polar surface area (TPSA) is 91.8 Å². The highest BCUT2D eigenvalue weighted by Gasteiger charge is 2.23. The van der Waals surface area contributed by atoms with Gasteiger partial charge in [0.1, 0.15) is 5.76 Å². The quantitative estimate of drug-likeness (QED) is 0.604. The van der Waals surface area contributed by atoms with Crippen molar-refractivity contribution in [3.05, 3.63) is 70.9 Å². The van der Waals surface area contributed by atoms with Crippen LogP contribution in [0.2, 0.25) is 0 Å². The van der Waals surface area contributed by atoms with Crippen LogP contribution in [-0.4, -0.2) is 44.7 Å². The Morgan fingerprint density at radius 2 is 1.83 bits per heavy atom. The molecule has 0 unspecified atom stereocenters. The third-order valence-electron chi connectivity index (χ3n) is 6.41. The second-order valence-electron chi connectivity index (χ2n) is 9.27. The Bertz CT molecular complexity index is 1170. The van der Waals surface area contributed by atoms with E-state index in [0.717, 1.165) is 54.5 Å². The van der Waals surface area contributed by atoms with Gasteiger partial charge in [-0.3, -0.25) is 14.3 Å². The summed E-state index contributed by atoms with van der Waals surface area (Å²) in [4.78, 5) is 29.6. The van der Waals surface area contributed by atoms with Crippen molar-refractivity contribution >= 4 is 17.5 Å². The van der Waals surface area contributed by atoms with Crippen LogP contribution in [0.25, 0.3) is 0 Å². The number of hydrogen-bond donors (Lipinski definition) is 1. The molecule has 1 aliphatic rings. The summed E-state index contributed by atoms with van der Waals surface area (Å²) in [5.41, 5.74) is 3.45. The Balaban J connectivity index is 1.61. The molecule has 8 nitrogen and oxygen atoms in total. The number of nitrogens with zero attached hydrogens (tertiary/aromatic N) is 4. The molecule has 2 amide bonds. The van der Waals surface area contributed by atoms with Crippen LogP contribution in [0.1, 0.15) is 72.0 Å². The number of aliphatic hydroxyl groups is 1. The van der Waals surface area contributed by atoms with Crippen LogP contribution < -0.4 is 4.90 Å². The lowest BCUT2D eigenvalue weighted by Gasteiger charge is -2.29. The largest absolute Gasteiger partial charge is 0.454 e. The van der Waals surface area contributed by atoms with Crippen LogP contribution >= 0.6 is 0 Å². The van der Waals surface area contributed by atoms with Crippen LogP contribution in [-0.2, 0) is 24.5 Å². The molecule has 35 heavy (non-hydrogen) atoms. The number of rotatable bonds is 4. The summed E-state index contributed by atoms with van der Waals surface area (Å²) in [6.07, 6.45) is 8.67. The highest BCUT2D eigenvalue weighted by molar-refractivity contribution is 5.93. The van der Waals surface area contributed by atoms with Crippen LogP contribution in [0.5, 0.6) is 0 Å². The lowest BCUT2D eigenvalue weighted by Crippen LogP contribution is -2.34. The van der Waals surface area contributed by atoms with Gasteiger partial charge in [0.2, 0.25) is 5.91 Å². The van der Waals surface area contributed by atoms with E-state index >= 15 is 0 Å². The second kappa shape index (κ2) is 11.4. The molecule has 0 saturated heterocycles. The maximum atomic E-state index is 13.5. The van der Waals surface area contributed by atoms with Crippen molar-refractivity contribution in [2.24, 2.45) is 0 Å². The van der Waals surface area contributed by atoms with Crippen molar-refractivity contribution in [1.29, 1.82) is 0 Å². The fourth-order valence-corrected chi connectivity index (χ4v) is 4.55. The summed E-state index contributed by atoms with van der Waals surface area (Å²) < 4.78 is 7.70. The molecule has 1 aliphatic heterocycles. The van der Waals surface area contributed by atoms with Crippen molar-refractivity contribution in [1.82, 2.24) is 14.7 Å². The van der Waals surface area contributed by atoms with Gasteiger partial charge in [0.15, 0.2) is 5.76 Å². The van der Waals surface area contributed by atoms with Crippen LogP contribution in [0.4, 0.5) is 5.69 Å². The van der Waals surface area contributed by atoms with E-state index < -0.39 is 0 Å². The molecule has 2 aromatic heterocycles. The minimum Gasteiger partial charge on any atom is -0.454 e. The van der Waals surface area contributed by atoms with E-state index in [-0.39, 0.29) is 18.4 Å². The van der Waals surface area contributed by atoms with Crippen molar-refractivity contribution < 1.29 is 19.1 Å². The van der Waals surface area contributed by atoms with Crippen LogP contribution in [0.3, 0.4) is 0 Å². The molecule has 4 rings (SSSR count). The number of aryl methyl sites for hydroxylation is 1. The Kier molecular flexibility index (Phi) is 8.02. The number of hydrogen-bond acceptors (Lipinski definition) is 5. The number of anilines is 1. The van der Waals surface area contributed by atoms with Gasteiger partial charge in [-0.2, -0.15) is 5.10 Å². The molecule has 0 bridgehead atoms. The van der Waals surface area contributed by atoms with Crippen LogP contribution in [0.15, 0.2) is 47.1 Å². The number of aliphatic hydroxyl groups excluding tert-OH is 1. The Morgan fingerprint density at radius 1 is 1.06 bits per heavy atom. The molecular formula is C27H34N4O4. The summed E-state index contributed by atoms with van der Waals surface area (Å²) >= 11 is 0. The molecular weight excluding hydrogens is 444 g/mol. The normalized spacial score (nSPS) is 15.3. The van der Waals surface area contributed by atoms with E-state index in [1.165, 1.54) is 0 Å². The predicted molar refractivity (Wildman–Crippen MR) is 133 cm³/mol. The molecule has 1 aromatic carbocycles. The summed E-state index contributed by atoms with van der Waals surface area (Å²) in [6, 6.07) is 9.17. The monoisotopic (exact) mass is 478 g/mol. The molecule has 0 radical (unpaired) electrons. The Labute approximate surface area is 206 Å². The molecule has 1 N–H and O–H groups in total. The first-order valence-electron chi connectivity index (χ1n) is 12.3. The number of amides is 2. The van der Waals surface area contributed by atoms with Crippen molar-refractivity contribution in [3.63, 3.8) is 0 Å². The van der Waals surface area contributed by atoms with Crippen molar-refractivity contribution in [2.45, 2.75) is 65.6 Å². The van der Waals surface area contributed by atoms with Gasteiger partial charge < -0.3 is 19.3 Å². The highest BCUT2D eigenvalue weighted by atomic mass is 16.4. The SMILES string of the molecule is CC(=O)N1CCCCCCCN(C(=O)c2ccc(Cn3cc(C)cn3)o2)Cc2ccc(CO)cc21. The van der Waals surface area contributed by atoms with Crippen molar-refractivity contribution in [3.8, 4) is 0 Å². The number of benzene rings is 1. The van der Waals surface area contributed by atoms with Gasteiger partial charge in [0, 0.05) is 38.4 Å². The number of furan rings is 1. The third-order valence-corrected chi connectivity index (χ3v) is 6.41. The average Bonchev–Trinajstić information content (AvgIpc) is 3.47. The van der Waals surface area contributed by atoms with Gasteiger partial charge in [-0.05, 0) is 54.7 Å². The Morgan fingerprint density at radius 3 is 2.54 bits per heavy atom. The molecule has 0 fully saturated rings. The first-order chi connectivity index (χ1) is 16.9. The smallest absolute Gasteiger partial charge is 0.289 e. The lowest BCUT2D eigenvalue weighted by atomic mass is 10.0. The highest BCUT2D eigenvalue weighted by Crippen LogP contribution is 2.27. The standard InChI is InChI=1S/C27H34N4O4/c1-20-15-28-30(16-20)18-24-10-11-26(35-24)27(34)29-12-6-4-3-5-7-13-31(21(2)33)25-14-22(19-32)8-9-23(25)17-29/h8-11,14-16,32H,3-7,12-13,17-19H2,1-2H3. The molecule has 3 aromatic rings. The van der Waals surface area contributed by atoms with Gasteiger partial charge in [0.05, 0.1) is 19.3 Å². The van der Waals surface area contributed by atoms with Crippen molar-refractivity contribution in [2.75, 3.05) is 18.0 Å². The molecule has 0 saturated carbocycles. The van der Waals surface area contributed by atoms with E-state index in [1.54, 1.807) is 33.7 Å². The minimum atomic E-state index is -0.170. The summed E-state index contributed by atoms with van der Waals surface area (Å²) in [5, 5.41) is 14.0. The van der Waals surface area contributed by atoms with E-state index in [2.05, 4.69) is 5.10 Å². The van der Waals surface area contributed by atoms with E-state index in [4.69, 9.17) is 4.42 Å². The van der Waals surface area contributed by atoms with E-state index in [1.807, 2.05) is 37.4 Å². The fraction of sp³-hybridized carbons (Fsp3) is 0.444. The Hall–Kier alpha value is -3.39. The second-order valence-corrected chi connectivity index (χ2v) is 9.27. The predicted octanol–water partition coefficient (Wildman–Crippen LogP) is 4.28. The average molecular weight is 479 g/mol. The van der Waals surface area contributed by atoms with E-state index in [9.17, 15) is 14.7 Å². The maximum Gasteiger partial charge on any atom is 0.289 e.